The predicted molar refractivity (Wildman–Crippen MR) is 124 cm³/mol. The molecule has 1 aliphatic heterocycles. The first-order valence-electron chi connectivity index (χ1n) is 13.7. The van der Waals surface area contributed by atoms with E-state index in [-0.39, 0.29) is 10.8 Å². The minimum atomic E-state index is 0.220. The van der Waals surface area contributed by atoms with Crippen LogP contribution in [0, 0.1) is 57.2 Å². The van der Waals surface area contributed by atoms with Gasteiger partial charge in [-0.25, -0.2) is 0 Å². The maximum absolute atomic E-state index is 9.32. The number of nitrogens with one attached hydrogen (secondary N) is 2. The normalized spacial score (nSPS) is 50.1. The fourth-order valence-electron chi connectivity index (χ4n) is 10.8. The fourth-order valence-corrected chi connectivity index (χ4v) is 10.8. The van der Waals surface area contributed by atoms with Crippen molar-refractivity contribution in [3.8, 4) is 0 Å². The summed E-state index contributed by atoms with van der Waals surface area (Å²) in [6.07, 6.45) is 17.7. The zero-order chi connectivity index (χ0) is 20.8. The summed E-state index contributed by atoms with van der Waals surface area (Å²) in [5.74, 6) is 7.51. The molecule has 8 aliphatic carbocycles. The molecule has 1 saturated heterocycles. The highest BCUT2D eigenvalue weighted by atomic mass is 15.3. The van der Waals surface area contributed by atoms with Crippen LogP contribution < -0.4 is 0 Å². The van der Waals surface area contributed by atoms with Crippen molar-refractivity contribution >= 4 is 11.7 Å². The van der Waals surface area contributed by atoms with Crippen LogP contribution in [0.15, 0.2) is 0 Å². The van der Waals surface area contributed by atoms with Crippen molar-refractivity contribution < 1.29 is 0 Å². The van der Waals surface area contributed by atoms with Gasteiger partial charge in [-0.15, -0.1) is 0 Å². The molecule has 31 heavy (non-hydrogen) atoms. The van der Waals surface area contributed by atoms with E-state index < -0.39 is 0 Å². The van der Waals surface area contributed by atoms with Crippen molar-refractivity contribution in [3.05, 3.63) is 0 Å². The zero-order valence-electron chi connectivity index (χ0n) is 19.4. The lowest BCUT2D eigenvalue weighted by atomic mass is 9.49. The molecule has 0 unspecified atom stereocenters. The van der Waals surface area contributed by atoms with Crippen LogP contribution in [-0.4, -0.2) is 47.7 Å². The standard InChI is InChI=1S/C27H42N4/c28-24(26-12-18-6-19(13-26)8-20(7-18)14-26)30-2-1-3-31(5-4-30)25(29)27-15-21-9-22(16-27)11-23(10-21)17-27/h18-23,28-29H,1-17H2. The Kier molecular flexibility index (Phi) is 4.21. The third-order valence-electron chi connectivity index (χ3n) is 11.2. The second-order valence-corrected chi connectivity index (χ2v) is 13.4. The van der Waals surface area contributed by atoms with Gasteiger partial charge in [-0.1, -0.05) is 0 Å². The van der Waals surface area contributed by atoms with Gasteiger partial charge in [-0.3, -0.25) is 10.8 Å². The maximum Gasteiger partial charge on any atom is 0.102 e. The van der Waals surface area contributed by atoms with Crippen molar-refractivity contribution in [2.45, 2.75) is 83.5 Å². The molecular weight excluding hydrogens is 380 g/mol. The van der Waals surface area contributed by atoms with E-state index in [4.69, 9.17) is 0 Å². The first-order valence-corrected chi connectivity index (χ1v) is 13.7. The van der Waals surface area contributed by atoms with E-state index in [0.29, 0.717) is 0 Å². The summed E-state index contributed by atoms with van der Waals surface area (Å²) in [6.45, 7) is 4.06. The van der Waals surface area contributed by atoms with Crippen LogP contribution in [0.25, 0.3) is 0 Å². The van der Waals surface area contributed by atoms with Gasteiger partial charge < -0.3 is 9.80 Å². The molecule has 2 N–H and O–H groups in total. The molecule has 0 aromatic carbocycles. The Morgan fingerprint density at radius 3 is 1.06 bits per heavy atom. The minimum absolute atomic E-state index is 0.220. The molecule has 1 heterocycles. The average Bonchev–Trinajstić information content (AvgIpc) is 2.97. The lowest BCUT2D eigenvalue weighted by molar-refractivity contribution is -0.0198. The monoisotopic (exact) mass is 422 g/mol. The van der Waals surface area contributed by atoms with Gasteiger partial charge in [0.15, 0.2) is 0 Å². The number of nitrogens with zero attached hydrogens (tertiary/aromatic N) is 2. The topological polar surface area (TPSA) is 54.2 Å². The van der Waals surface area contributed by atoms with E-state index in [1.807, 2.05) is 0 Å². The summed E-state index contributed by atoms with van der Waals surface area (Å²) >= 11 is 0. The lowest BCUT2D eigenvalue weighted by Gasteiger charge is -2.58. The molecule has 0 spiro atoms. The molecule has 0 atom stereocenters. The van der Waals surface area contributed by atoms with Crippen molar-refractivity contribution in [1.82, 2.24) is 9.80 Å². The van der Waals surface area contributed by atoms with Crippen molar-refractivity contribution in [2.24, 2.45) is 46.3 Å². The fraction of sp³-hybridized carbons (Fsp3) is 0.926. The largest absolute Gasteiger partial charge is 0.358 e. The third-order valence-corrected chi connectivity index (χ3v) is 11.2. The van der Waals surface area contributed by atoms with Crippen molar-refractivity contribution in [2.75, 3.05) is 26.2 Å². The summed E-state index contributed by atoms with van der Waals surface area (Å²) in [5.41, 5.74) is 0.439. The van der Waals surface area contributed by atoms with Gasteiger partial charge in [0.05, 0.1) is 0 Å². The van der Waals surface area contributed by atoms with Crippen LogP contribution in [0.4, 0.5) is 0 Å². The number of amidine groups is 2. The Morgan fingerprint density at radius 1 is 0.484 bits per heavy atom. The summed E-state index contributed by atoms with van der Waals surface area (Å²) in [5, 5.41) is 18.6. The average molecular weight is 423 g/mol. The van der Waals surface area contributed by atoms with Crippen molar-refractivity contribution in [1.29, 1.82) is 10.8 Å². The highest BCUT2D eigenvalue weighted by Gasteiger charge is 2.55. The van der Waals surface area contributed by atoms with E-state index in [1.54, 1.807) is 0 Å². The maximum atomic E-state index is 9.32. The Bertz CT molecular complexity index is 650. The molecule has 170 valence electrons. The second kappa shape index (κ2) is 6.73. The summed E-state index contributed by atoms with van der Waals surface area (Å²) in [6, 6.07) is 0. The van der Waals surface area contributed by atoms with Crippen LogP contribution in [0.5, 0.6) is 0 Å². The SMILES string of the molecule is N=C(N1CCCN(C(=N)C23CC4CC(CC(C4)C2)C3)CC1)C12CC3CC(CC(C3)C1)C2. The molecule has 0 amide bonds. The Labute approximate surface area is 188 Å². The zero-order valence-corrected chi connectivity index (χ0v) is 19.4. The van der Waals surface area contributed by atoms with Crippen LogP contribution in [0.2, 0.25) is 0 Å². The number of hydrogen-bond acceptors (Lipinski definition) is 2. The second-order valence-electron chi connectivity index (χ2n) is 13.4. The van der Waals surface area contributed by atoms with Gasteiger partial charge >= 0.3 is 0 Å². The van der Waals surface area contributed by atoms with Crippen LogP contribution in [-0.2, 0) is 0 Å². The third kappa shape index (κ3) is 2.98. The molecule has 4 heteroatoms. The molecule has 8 saturated carbocycles. The van der Waals surface area contributed by atoms with E-state index in [9.17, 15) is 10.8 Å². The Balaban J connectivity index is 1.05. The molecule has 9 rings (SSSR count). The summed E-state index contributed by atoms with van der Waals surface area (Å²) in [7, 11) is 0. The number of hydrogen-bond donors (Lipinski definition) is 2. The minimum Gasteiger partial charge on any atom is -0.358 e. The van der Waals surface area contributed by atoms with Gasteiger partial charge in [0.25, 0.3) is 0 Å². The van der Waals surface area contributed by atoms with Crippen LogP contribution in [0.1, 0.15) is 83.5 Å². The molecule has 9 fully saturated rings. The lowest BCUT2D eigenvalue weighted by Crippen LogP contribution is -2.56. The first kappa shape index (κ1) is 19.4. The Morgan fingerprint density at radius 2 is 0.774 bits per heavy atom. The van der Waals surface area contributed by atoms with E-state index >= 15 is 0 Å². The van der Waals surface area contributed by atoms with Crippen LogP contribution >= 0.6 is 0 Å². The summed E-state index contributed by atoms with van der Waals surface area (Å²) in [4.78, 5) is 4.94. The predicted octanol–water partition coefficient (Wildman–Crippen LogP) is 5.38. The molecule has 0 aromatic rings. The van der Waals surface area contributed by atoms with E-state index in [2.05, 4.69) is 9.80 Å². The van der Waals surface area contributed by atoms with Gasteiger partial charge in [0, 0.05) is 37.0 Å². The van der Waals surface area contributed by atoms with Crippen LogP contribution in [0.3, 0.4) is 0 Å². The highest BCUT2D eigenvalue weighted by molar-refractivity contribution is 5.87. The molecule has 8 bridgehead atoms. The summed E-state index contributed by atoms with van der Waals surface area (Å²) < 4.78 is 0. The number of rotatable bonds is 2. The molecule has 0 radical (unpaired) electrons. The molecular formula is C27H42N4. The van der Waals surface area contributed by atoms with Gasteiger partial charge in [-0.2, -0.15) is 0 Å². The van der Waals surface area contributed by atoms with E-state index in [1.165, 1.54) is 77.0 Å². The molecule has 9 aliphatic rings. The Hall–Kier alpha value is -1.06. The van der Waals surface area contributed by atoms with Crippen molar-refractivity contribution in [3.63, 3.8) is 0 Å². The van der Waals surface area contributed by atoms with Gasteiger partial charge in [0.1, 0.15) is 11.7 Å². The first-order chi connectivity index (χ1) is 15.0. The molecule has 0 aromatic heterocycles. The van der Waals surface area contributed by atoms with Gasteiger partial charge in [-0.05, 0) is 119 Å². The van der Waals surface area contributed by atoms with E-state index in [0.717, 1.165) is 79.8 Å². The quantitative estimate of drug-likeness (QED) is 0.463. The van der Waals surface area contributed by atoms with Gasteiger partial charge in [0.2, 0.25) is 0 Å². The molecule has 4 nitrogen and oxygen atoms in total. The smallest absolute Gasteiger partial charge is 0.102 e. The highest BCUT2D eigenvalue weighted by Crippen LogP contribution is 2.62.